The molecule has 3 atom stereocenters. The van der Waals surface area contributed by atoms with Gasteiger partial charge in [0, 0.05) is 0 Å². The molecule has 2 N–H and O–H groups in total. The summed E-state index contributed by atoms with van der Waals surface area (Å²) in [5.41, 5.74) is -1.17. The van der Waals surface area contributed by atoms with Crippen molar-refractivity contribution in [1.82, 2.24) is 0 Å². The van der Waals surface area contributed by atoms with Gasteiger partial charge in [0.25, 0.3) is 8.32 Å². The van der Waals surface area contributed by atoms with Crippen molar-refractivity contribution in [2.24, 2.45) is 0 Å². The van der Waals surface area contributed by atoms with Crippen LogP contribution in [0.25, 0.3) is 0 Å². The van der Waals surface area contributed by atoms with Crippen molar-refractivity contribution in [2.45, 2.75) is 83.2 Å². The van der Waals surface area contributed by atoms with Gasteiger partial charge in [0.05, 0.1) is 12.2 Å². The van der Waals surface area contributed by atoms with Gasteiger partial charge in [-0.15, -0.1) is 0 Å². The summed E-state index contributed by atoms with van der Waals surface area (Å²) < 4.78 is 18.8. The molecule has 0 aromatic heterocycles. The lowest BCUT2D eigenvalue weighted by Gasteiger charge is -2.44. The van der Waals surface area contributed by atoms with E-state index in [0.29, 0.717) is 0 Å². The van der Waals surface area contributed by atoms with Gasteiger partial charge >= 0.3 is 0 Å². The third-order valence-corrected chi connectivity index (χ3v) is 11.1. The Morgan fingerprint density at radius 1 is 0.906 bits per heavy atom. The molecule has 0 saturated carbocycles. The molecule has 1 aliphatic heterocycles. The molecular weight excluding hydrogens is 420 g/mol. The first-order valence-corrected chi connectivity index (χ1v) is 13.2. The summed E-state index contributed by atoms with van der Waals surface area (Å²) in [6, 6.07) is 20.6. The summed E-state index contributed by atoms with van der Waals surface area (Å²) in [5, 5.41) is 24.0. The lowest BCUT2D eigenvalue weighted by atomic mass is 9.94. The number of benzene rings is 2. The molecule has 3 rings (SSSR count). The van der Waals surface area contributed by atoms with Gasteiger partial charge in [0.1, 0.15) is 18.3 Å². The summed E-state index contributed by atoms with van der Waals surface area (Å²) in [6.45, 7) is 13.6. The third kappa shape index (κ3) is 5.01. The number of aliphatic hydroxyl groups is 2. The molecule has 0 bridgehead atoms. The minimum absolute atomic E-state index is 0.0734. The fraction of sp³-hybridized carbons (Fsp3) is 0.538. The molecule has 1 heterocycles. The summed E-state index contributed by atoms with van der Waals surface area (Å²) in [6.07, 6.45) is -2.34. The van der Waals surface area contributed by atoms with Gasteiger partial charge in [-0.3, -0.25) is 0 Å². The Hall–Kier alpha value is -1.54. The zero-order valence-corrected chi connectivity index (χ0v) is 21.3. The fourth-order valence-corrected chi connectivity index (χ4v) is 9.26. The molecular formula is C26H38O5Si. The lowest BCUT2D eigenvalue weighted by Crippen LogP contribution is -2.67. The molecule has 2 aromatic carbocycles. The largest absolute Gasteiger partial charge is 0.405 e. The topological polar surface area (TPSA) is 68.2 Å². The minimum Gasteiger partial charge on any atom is -0.405 e. The van der Waals surface area contributed by atoms with Gasteiger partial charge in [-0.1, -0.05) is 81.4 Å². The van der Waals surface area contributed by atoms with Crippen molar-refractivity contribution in [3.8, 4) is 0 Å². The van der Waals surface area contributed by atoms with Crippen LogP contribution in [0.4, 0.5) is 0 Å². The Bertz CT molecular complexity index is 831. The van der Waals surface area contributed by atoms with Crippen molar-refractivity contribution in [1.29, 1.82) is 0 Å². The van der Waals surface area contributed by atoms with Crippen LogP contribution >= 0.6 is 0 Å². The van der Waals surface area contributed by atoms with Gasteiger partial charge in [-0.05, 0) is 43.1 Å². The molecule has 0 radical (unpaired) electrons. The van der Waals surface area contributed by atoms with E-state index in [4.69, 9.17) is 13.9 Å². The average molecular weight is 459 g/mol. The smallest absolute Gasteiger partial charge is 0.261 e. The van der Waals surface area contributed by atoms with Crippen molar-refractivity contribution < 1.29 is 24.1 Å². The van der Waals surface area contributed by atoms with E-state index < -0.39 is 38.0 Å². The van der Waals surface area contributed by atoms with E-state index in [0.717, 1.165) is 10.4 Å². The van der Waals surface area contributed by atoms with E-state index in [2.05, 4.69) is 45.0 Å². The Labute approximate surface area is 193 Å². The SMILES string of the molecule is CC1(C)O[C@H]([C@H](O)CO[Si](c2ccccc2)(c2ccccc2)C(C)(C)C)[C@H](C(C)(C)O)O1. The molecule has 5 nitrogen and oxygen atoms in total. The number of hydrogen-bond donors (Lipinski definition) is 2. The highest BCUT2D eigenvalue weighted by Crippen LogP contribution is 2.39. The number of ether oxygens (including phenoxy) is 2. The van der Waals surface area contributed by atoms with E-state index >= 15 is 0 Å². The first-order chi connectivity index (χ1) is 14.8. The van der Waals surface area contributed by atoms with Crippen LogP contribution in [0.3, 0.4) is 0 Å². The van der Waals surface area contributed by atoms with E-state index in [9.17, 15) is 10.2 Å². The first kappa shape index (κ1) is 25.1. The van der Waals surface area contributed by atoms with Gasteiger partial charge in [0.15, 0.2) is 5.79 Å². The van der Waals surface area contributed by atoms with E-state index in [1.54, 1.807) is 27.7 Å². The van der Waals surface area contributed by atoms with Crippen LogP contribution in [0.1, 0.15) is 48.5 Å². The van der Waals surface area contributed by atoms with Crippen LogP contribution in [0.2, 0.25) is 5.04 Å². The van der Waals surface area contributed by atoms with Crippen LogP contribution in [-0.4, -0.2) is 54.8 Å². The maximum Gasteiger partial charge on any atom is 0.261 e. The molecule has 0 unspecified atom stereocenters. The molecule has 32 heavy (non-hydrogen) atoms. The van der Waals surface area contributed by atoms with Crippen LogP contribution in [0, 0.1) is 0 Å². The zero-order valence-electron chi connectivity index (χ0n) is 20.3. The van der Waals surface area contributed by atoms with Crippen molar-refractivity contribution in [3.05, 3.63) is 60.7 Å². The number of hydrogen-bond acceptors (Lipinski definition) is 5. The second-order valence-electron chi connectivity index (χ2n) is 10.7. The van der Waals surface area contributed by atoms with Crippen molar-refractivity contribution in [2.75, 3.05) is 6.61 Å². The summed E-state index contributed by atoms with van der Waals surface area (Å²) in [5.74, 6) is -0.895. The van der Waals surface area contributed by atoms with Crippen LogP contribution in [0.5, 0.6) is 0 Å². The highest BCUT2D eigenvalue weighted by atomic mass is 28.4. The molecule has 1 fully saturated rings. The minimum atomic E-state index is -2.79. The monoisotopic (exact) mass is 458 g/mol. The molecule has 176 valence electrons. The molecule has 2 aromatic rings. The Morgan fingerprint density at radius 3 is 1.78 bits per heavy atom. The molecule has 0 amide bonds. The van der Waals surface area contributed by atoms with Gasteiger partial charge in [-0.25, -0.2) is 0 Å². The number of aliphatic hydroxyl groups excluding tert-OH is 1. The quantitative estimate of drug-likeness (QED) is 0.624. The second-order valence-corrected chi connectivity index (χ2v) is 15.0. The maximum atomic E-state index is 11.2. The summed E-state index contributed by atoms with van der Waals surface area (Å²) in [7, 11) is -2.79. The van der Waals surface area contributed by atoms with Gasteiger partial charge in [0.2, 0.25) is 0 Å². The first-order valence-electron chi connectivity index (χ1n) is 11.3. The Kier molecular flexibility index (Phi) is 7.06. The normalized spacial score (nSPS) is 22.7. The van der Waals surface area contributed by atoms with Crippen molar-refractivity contribution >= 4 is 18.7 Å². The zero-order chi connectivity index (χ0) is 23.8. The van der Waals surface area contributed by atoms with Crippen LogP contribution in [-0.2, 0) is 13.9 Å². The van der Waals surface area contributed by atoms with E-state index in [-0.39, 0.29) is 11.6 Å². The predicted octanol–water partition coefficient (Wildman–Crippen LogP) is 3.21. The molecule has 0 spiro atoms. The van der Waals surface area contributed by atoms with Crippen molar-refractivity contribution in [3.63, 3.8) is 0 Å². The fourth-order valence-electron chi connectivity index (χ4n) is 4.68. The third-order valence-electron chi connectivity index (χ3n) is 6.09. The molecule has 0 aliphatic carbocycles. The number of rotatable bonds is 7. The second kappa shape index (κ2) is 9.01. The Morgan fingerprint density at radius 2 is 1.38 bits per heavy atom. The highest BCUT2D eigenvalue weighted by Gasteiger charge is 2.53. The summed E-state index contributed by atoms with van der Waals surface area (Å²) in [4.78, 5) is 0. The van der Waals surface area contributed by atoms with E-state index in [1.807, 2.05) is 36.4 Å². The summed E-state index contributed by atoms with van der Waals surface area (Å²) >= 11 is 0. The van der Waals surface area contributed by atoms with Gasteiger partial charge in [-0.2, -0.15) is 0 Å². The standard InChI is InChI=1S/C26H38O5Si/c1-24(2,3)32(19-14-10-8-11-15-19,20-16-12-9-13-17-20)29-18-21(27)22-23(25(4,5)28)31-26(6,7)30-22/h8-17,21-23,27-28H,18H2,1-7H3/t21-,22-,23-/m1/s1. The average Bonchev–Trinajstić information content (AvgIpc) is 3.05. The maximum absolute atomic E-state index is 11.2. The van der Waals surface area contributed by atoms with Crippen LogP contribution < -0.4 is 10.4 Å². The molecule has 6 heteroatoms. The predicted molar refractivity (Wildman–Crippen MR) is 130 cm³/mol. The van der Waals surface area contributed by atoms with Crippen LogP contribution in [0.15, 0.2) is 60.7 Å². The lowest BCUT2D eigenvalue weighted by molar-refractivity contribution is -0.168. The Balaban J connectivity index is 1.98. The highest BCUT2D eigenvalue weighted by molar-refractivity contribution is 6.99. The molecule has 1 aliphatic rings. The molecule has 1 saturated heterocycles. The van der Waals surface area contributed by atoms with E-state index in [1.165, 1.54) is 0 Å². The van der Waals surface area contributed by atoms with Gasteiger partial charge < -0.3 is 24.1 Å².